The van der Waals surface area contributed by atoms with Crippen molar-refractivity contribution >= 4 is 0 Å². The fourth-order valence-electron chi connectivity index (χ4n) is 1.73. The number of pyridine rings is 1. The fraction of sp³-hybridized carbons (Fsp3) is 0.214. The maximum Gasteiger partial charge on any atom is 0.126 e. The molecule has 0 aliphatic heterocycles. The Morgan fingerprint density at radius 1 is 0.944 bits per heavy atom. The van der Waals surface area contributed by atoms with E-state index in [1.807, 2.05) is 12.1 Å². The summed E-state index contributed by atoms with van der Waals surface area (Å²) in [6.45, 7) is 1.21. The van der Waals surface area contributed by atoms with E-state index in [1.54, 1.807) is 12.4 Å². The number of aromatic nitrogens is 1. The molecule has 0 radical (unpaired) electrons. The molecule has 18 heavy (non-hydrogen) atoms. The van der Waals surface area contributed by atoms with Crippen LogP contribution < -0.4 is 5.32 Å². The van der Waals surface area contributed by atoms with Gasteiger partial charge in [-0.25, -0.2) is 8.78 Å². The van der Waals surface area contributed by atoms with Gasteiger partial charge in [-0.1, -0.05) is 0 Å². The molecule has 4 heteroatoms. The molecule has 0 atom stereocenters. The Morgan fingerprint density at radius 2 is 1.61 bits per heavy atom. The van der Waals surface area contributed by atoms with Crippen molar-refractivity contribution in [3.63, 3.8) is 0 Å². The predicted octanol–water partition coefficient (Wildman–Crippen LogP) is 2.69. The van der Waals surface area contributed by atoms with Gasteiger partial charge in [-0.05, 0) is 48.4 Å². The van der Waals surface area contributed by atoms with Crippen molar-refractivity contribution in [3.8, 4) is 0 Å². The van der Waals surface area contributed by atoms with Crippen molar-refractivity contribution in [1.29, 1.82) is 0 Å². The zero-order valence-corrected chi connectivity index (χ0v) is 9.87. The highest BCUT2D eigenvalue weighted by Crippen LogP contribution is 2.07. The molecule has 1 heterocycles. The maximum atomic E-state index is 12.9. The minimum Gasteiger partial charge on any atom is -0.312 e. The molecule has 1 N–H and O–H groups in total. The zero-order chi connectivity index (χ0) is 12.8. The molecule has 2 aromatic rings. The van der Waals surface area contributed by atoms with Crippen LogP contribution in [0, 0.1) is 11.6 Å². The number of nitrogens with one attached hydrogen (secondary N) is 1. The number of benzene rings is 1. The Balaban J connectivity index is 1.78. The summed E-state index contributed by atoms with van der Waals surface area (Å²) in [4.78, 5) is 3.94. The van der Waals surface area contributed by atoms with Gasteiger partial charge in [0.25, 0.3) is 0 Å². The third-order valence-corrected chi connectivity index (χ3v) is 2.59. The van der Waals surface area contributed by atoms with E-state index < -0.39 is 11.6 Å². The van der Waals surface area contributed by atoms with Gasteiger partial charge < -0.3 is 5.32 Å². The van der Waals surface area contributed by atoms with E-state index in [9.17, 15) is 8.78 Å². The van der Waals surface area contributed by atoms with Crippen LogP contribution in [0.5, 0.6) is 0 Å². The van der Waals surface area contributed by atoms with Gasteiger partial charge in [0, 0.05) is 25.0 Å². The molecule has 0 amide bonds. The van der Waals surface area contributed by atoms with Crippen LogP contribution in [0.2, 0.25) is 0 Å². The zero-order valence-electron chi connectivity index (χ0n) is 9.87. The molecule has 0 aliphatic rings. The number of nitrogens with zero attached hydrogens (tertiary/aromatic N) is 1. The second kappa shape index (κ2) is 6.21. The Morgan fingerprint density at radius 3 is 2.28 bits per heavy atom. The summed E-state index contributed by atoms with van der Waals surface area (Å²) >= 11 is 0. The molecule has 0 saturated heterocycles. The molecule has 0 spiro atoms. The van der Waals surface area contributed by atoms with Gasteiger partial charge in [-0.3, -0.25) is 4.98 Å². The summed E-state index contributed by atoms with van der Waals surface area (Å²) in [5.74, 6) is -1.08. The minimum absolute atomic E-state index is 0.458. The highest BCUT2D eigenvalue weighted by molar-refractivity contribution is 5.17. The number of hydrogen-bond acceptors (Lipinski definition) is 2. The number of halogens is 2. The molecule has 0 fully saturated rings. The van der Waals surface area contributed by atoms with Crippen LogP contribution in [0.15, 0.2) is 42.7 Å². The van der Waals surface area contributed by atoms with Gasteiger partial charge in [0.2, 0.25) is 0 Å². The van der Waals surface area contributed by atoms with Gasteiger partial charge in [0.15, 0.2) is 0 Å². The lowest BCUT2D eigenvalue weighted by atomic mass is 10.2. The van der Waals surface area contributed by atoms with Crippen LogP contribution in [-0.4, -0.2) is 11.5 Å². The fourth-order valence-corrected chi connectivity index (χ4v) is 1.73. The SMILES string of the molecule is Fc1cc(F)cc(CNCCc2ccncc2)c1. The van der Waals surface area contributed by atoms with Crippen molar-refractivity contribution in [1.82, 2.24) is 10.3 Å². The highest BCUT2D eigenvalue weighted by Gasteiger charge is 2.00. The lowest BCUT2D eigenvalue weighted by molar-refractivity contribution is 0.575. The quantitative estimate of drug-likeness (QED) is 0.823. The van der Waals surface area contributed by atoms with E-state index in [-0.39, 0.29) is 0 Å². The molecule has 1 aromatic carbocycles. The first kappa shape index (κ1) is 12.6. The largest absolute Gasteiger partial charge is 0.312 e. The van der Waals surface area contributed by atoms with Gasteiger partial charge in [0.1, 0.15) is 11.6 Å². The topological polar surface area (TPSA) is 24.9 Å². The van der Waals surface area contributed by atoms with E-state index in [1.165, 1.54) is 17.7 Å². The van der Waals surface area contributed by atoms with E-state index in [0.717, 1.165) is 19.0 Å². The molecule has 0 aliphatic carbocycles. The van der Waals surface area contributed by atoms with Crippen LogP contribution in [0.25, 0.3) is 0 Å². The molecule has 0 bridgehead atoms. The standard InChI is InChI=1S/C14H14F2N2/c15-13-7-12(8-14(16)9-13)10-18-6-3-11-1-4-17-5-2-11/h1-2,4-5,7-9,18H,3,6,10H2. The van der Waals surface area contributed by atoms with Crippen LogP contribution in [-0.2, 0) is 13.0 Å². The predicted molar refractivity (Wildman–Crippen MR) is 66.0 cm³/mol. The Hall–Kier alpha value is -1.81. The summed E-state index contributed by atoms with van der Waals surface area (Å²) < 4.78 is 25.9. The summed E-state index contributed by atoms with van der Waals surface area (Å²) in [6, 6.07) is 7.44. The van der Waals surface area contributed by atoms with Crippen molar-refractivity contribution < 1.29 is 8.78 Å². The Kier molecular flexibility index (Phi) is 4.36. The minimum atomic E-state index is -0.541. The summed E-state index contributed by atoms with van der Waals surface area (Å²) in [7, 11) is 0. The average Bonchev–Trinajstić information content (AvgIpc) is 2.35. The lowest BCUT2D eigenvalue weighted by Crippen LogP contribution is -2.16. The van der Waals surface area contributed by atoms with E-state index in [2.05, 4.69) is 10.3 Å². The first-order valence-electron chi connectivity index (χ1n) is 5.78. The molecule has 0 saturated carbocycles. The van der Waals surface area contributed by atoms with E-state index in [0.29, 0.717) is 12.1 Å². The lowest BCUT2D eigenvalue weighted by Gasteiger charge is -2.05. The molecule has 2 nitrogen and oxygen atoms in total. The molecule has 0 unspecified atom stereocenters. The van der Waals surface area contributed by atoms with Crippen molar-refractivity contribution in [2.24, 2.45) is 0 Å². The van der Waals surface area contributed by atoms with E-state index >= 15 is 0 Å². The smallest absolute Gasteiger partial charge is 0.126 e. The summed E-state index contributed by atoms with van der Waals surface area (Å²) in [5, 5.41) is 3.15. The number of hydrogen-bond donors (Lipinski definition) is 1. The monoisotopic (exact) mass is 248 g/mol. The first-order chi connectivity index (χ1) is 8.74. The van der Waals surface area contributed by atoms with Crippen LogP contribution in [0.3, 0.4) is 0 Å². The average molecular weight is 248 g/mol. The van der Waals surface area contributed by atoms with Crippen molar-refractivity contribution in [2.45, 2.75) is 13.0 Å². The normalized spacial score (nSPS) is 10.6. The third-order valence-electron chi connectivity index (χ3n) is 2.59. The highest BCUT2D eigenvalue weighted by atomic mass is 19.1. The van der Waals surface area contributed by atoms with Gasteiger partial charge in [-0.2, -0.15) is 0 Å². The van der Waals surface area contributed by atoms with Gasteiger partial charge in [-0.15, -0.1) is 0 Å². The maximum absolute atomic E-state index is 12.9. The van der Waals surface area contributed by atoms with Gasteiger partial charge >= 0.3 is 0 Å². The van der Waals surface area contributed by atoms with E-state index in [4.69, 9.17) is 0 Å². The second-order valence-corrected chi connectivity index (χ2v) is 4.06. The van der Waals surface area contributed by atoms with Crippen molar-refractivity contribution in [3.05, 3.63) is 65.5 Å². The molecular weight excluding hydrogens is 234 g/mol. The van der Waals surface area contributed by atoms with Crippen LogP contribution in [0.4, 0.5) is 8.78 Å². The second-order valence-electron chi connectivity index (χ2n) is 4.06. The Bertz CT molecular complexity index is 480. The molecule has 94 valence electrons. The third kappa shape index (κ3) is 3.89. The Labute approximate surface area is 105 Å². The number of rotatable bonds is 5. The molecular formula is C14H14F2N2. The van der Waals surface area contributed by atoms with Crippen molar-refractivity contribution in [2.75, 3.05) is 6.54 Å². The van der Waals surface area contributed by atoms with Crippen LogP contribution >= 0.6 is 0 Å². The summed E-state index contributed by atoms with van der Waals surface area (Å²) in [6.07, 6.45) is 4.36. The summed E-state index contributed by atoms with van der Waals surface area (Å²) in [5.41, 5.74) is 1.80. The van der Waals surface area contributed by atoms with Gasteiger partial charge in [0.05, 0.1) is 0 Å². The molecule has 1 aromatic heterocycles. The van der Waals surface area contributed by atoms with Crippen LogP contribution in [0.1, 0.15) is 11.1 Å². The molecule has 2 rings (SSSR count). The first-order valence-corrected chi connectivity index (χ1v) is 5.78.